The van der Waals surface area contributed by atoms with Gasteiger partial charge in [0.25, 0.3) is 0 Å². The van der Waals surface area contributed by atoms with Crippen LogP contribution < -0.4 is 19.9 Å². The molecular formula is C21H29NO3. The third-order valence-corrected chi connectivity index (χ3v) is 4.26. The molecule has 0 saturated carbocycles. The van der Waals surface area contributed by atoms with Crippen molar-refractivity contribution in [3.8, 4) is 17.2 Å². The highest BCUT2D eigenvalue weighted by Gasteiger charge is 2.14. The lowest BCUT2D eigenvalue weighted by molar-refractivity contribution is 0.287. The molecule has 0 bridgehead atoms. The van der Waals surface area contributed by atoms with Crippen LogP contribution in [0.15, 0.2) is 36.4 Å². The maximum Gasteiger partial charge on any atom is 0.161 e. The van der Waals surface area contributed by atoms with Gasteiger partial charge in [-0.05, 0) is 68.6 Å². The number of hydrogen-bond donors (Lipinski definition) is 1. The maximum absolute atomic E-state index is 6.06. The van der Waals surface area contributed by atoms with E-state index in [0.717, 1.165) is 29.2 Å². The van der Waals surface area contributed by atoms with Crippen LogP contribution in [-0.2, 0) is 6.42 Å². The lowest BCUT2D eigenvalue weighted by Gasteiger charge is -2.18. The van der Waals surface area contributed by atoms with Gasteiger partial charge in [-0.25, -0.2) is 0 Å². The molecule has 2 aromatic rings. The molecule has 25 heavy (non-hydrogen) atoms. The summed E-state index contributed by atoms with van der Waals surface area (Å²) < 4.78 is 16.7. The van der Waals surface area contributed by atoms with E-state index in [0.29, 0.717) is 19.8 Å². The van der Waals surface area contributed by atoms with Crippen LogP contribution in [0.1, 0.15) is 36.5 Å². The first kappa shape index (κ1) is 19.1. The van der Waals surface area contributed by atoms with Crippen LogP contribution in [-0.4, -0.2) is 26.9 Å². The predicted molar refractivity (Wildman–Crippen MR) is 102 cm³/mol. The number of methoxy groups -OCH3 is 1. The molecule has 4 nitrogen and oxygen atoms in total. The van der Waals surface area contributed by atoms with Crippen LogP contribution in [0.2, 0.25) is 0 Å². The summed E-state index contributed by atoms with van der Waals surface area (Å²) >= 11 is 0. The Kier molecular flexibility index (Phi) is 7.14. The second kappa shape index (κ2) is 9.33. The van der Waals surface area contributed by atoms with Crippen molar-refractivity contribution in [2.45, 2.75) is 33.1 Å². The van der Waals surface area contributed by atoms with E-state index in [1.165, 1.54) is 11.1 Å². The van der Waals surface area contributed by atoms with E-state index < -0.39 is 0 Å². The number of rotatable bonds is 9. The molecule has 0 aliphatic carbocycles. The Bertz CT molecular complexity index is 685. The van der Waals surface area contributed by atoms with Crippen molar-refractivity contribution in [1.82, 2.24) is 0 Å². The first-order valence-electron chi connectivity index (χ1n) is 8.86. The summed E-state index contributed by atoms with van der Waals surface area (Å²) in [6.45, 7) is 7.83. The zero-order valence-electron chi connectivity index (χ0n) is 15.7. The van der Waals surface area contributed by atoms with Gasteiger partial charge in [-0.1, -0.05) is 18.2 Å². The van der Waals surface area contributed by atoms with E-state index in [1.807, 2.05) is 26.0 Å². The quantitative estimate of drug-likeness (QED) is 0.745. The van der Waals surface area contributed by atoms with Crippen molar-refractivity contribution < 1.29 is 14.2 Å². The van der Waals surface area contributed by atoms with Crippen molar-refractivity contribution in [3.05, 3.63) is 53.1 Å². The lowest BCUT2D eigenvalue weighted by Crippen LogP contribution is -2.15. The average Bonchev–Trinajstić information content (AvgIpc) is 2.62. The molecular weight excluding hydrogens is 314 g/mol. The van der Waals surface area contributed by atoms with Crippen molar-refractivity contribution >= 4 is 0 Å². The summed E-state index contributed by atoms with van der Waals surface area (Å²) in [6, 6.07) is 12.4. The highest BCUT2D eigenvalue weighted by molar-refractivity contribution is 5.44. The van der Waals surface area contributed by atoms with Crippen LogP contribution in [0.3, 0.4) is 0 Å². The summed E-state index contributed by atoms with van der Waals surface area (Å²) in [4.78, 5) is 0. The van der Waals surface area contributed by atoms with Crippen molar-refractivity contribution in [2.24, 2.45) is 5.73 Å². The van der Waals surface area contributed by atoms with Gasteiger partial charge < -0.3 is 19.9 Å². The summed E-state index contributed by atoms with van der Waals surface area (Å²) in [5, 5.41) is 0. The Morgan fingerprint density at radius 1 is 0.920 bits per heavy atom. The number of hydrogen-bond acceptors (Lipinski definition) is 4. The van der Waals surface area contributed by atoms with E-state index in [-0.39, 0.29) is 5.92 Å². The van der Waals surface area contributed by atoms with Gasteiger partial charge in [-0.15, -0.1) is 0 Å². The highest BCUT2D eigenvalue weighted by atomic mass is 16.5. The molecule has 0 radical (unpaired) electrons. The van der Waals surface area contributed by atoms with Gasteiger partial charge in [0.1, 0.15) is 5.75 Å². The Morgan fingerprint density at radius 3 is 2.20 bits per heavy atom. The molecule has 4 heteroatoms. The molecule has 0 aliphatic heterocycles. The van der Waals surface area contributed by atoms with Crippen molar-refractivity contribution in [1.29, 1.82) is 0 Å². The molecule has 0 aromatic heterocycles. The molecule has 136 valence electrons. The van der Waals surface area contributed by atoms with Crippen molar-refractivity contribution in [3.63, 3.8) is 0 Å². The summed E-state index contributed by atoms with van der Waals surface area (Å²) in [7, 11) is 1.69. The van der Waals surface area contributed by atoms with E-state index in [4.69, 9.17) is 19.9 Å². The lowest BCUT2D eigenvalue weighted by atomic mass is 9.91. The molecule has 0 saturated heterocycles. The zero-order valence-corrected chi connectivity index (χ0v) is 15.7. The molecule has 1 atom stereocenters. The minimum absolute atomic E-state index is 0.247. The largest absolute Gasteiger partial charge is 0.496 e. The SMILES string of the molecule is CCOc1ccc(CC(CN)c2ccc(OC)c(C)c2)cc1OCC. The first-order valence-corrected chi connectivity index (χ1v) is 8.86. The molecule has 2 N–H and O–H groups in total. The molecule has 0 amide bonds. The molecule has 1 unspecified atom stereocenters. The minimum atomic E-state index is 0.247. The molecule has 0 fully saturated rings. The fourth-order valence-electron chi connectivity index (χ4n) is 3.00. The number of nitrogens with two attached hydrogens (primary N) is 1. The standard InChI is InChI=1S/C21H29NO3/c1-5-24-20-9-7-16(13-21(20)25-6-2)12-18(14-22)17-8-10-19(23-4)15(3)11-17/h7-11,13,18H,5-6,12,14,22H2,1-4H3. The topological polar surface area (TPSA) is 53.7 Å². The number of aryl methyl sites for hydroxylation is 1. The Labute approximate surface area is 150 Å². The maximum atomic E-state index is 6.06. The van der Waals surface area contributed by atoms with Gasteiger partial charge in [0.2, 0.25) is 0 Å². The van der Waals surface area contributed by atoms with Gasteiger partial charge in [-0.2, -0.15) is 0 Å². The van der Waals surface area contributed by atoms with Gasteiger partial charge in [-0.3, -0.25) is 0 Å². The monoisotopic (exact) mass is 343 g/mol. The van der Waals surface area contributed by atoms with E-state index in [1.54, 1.807) is 7.11 Å². The van der Waals surface area contributed by atoms with Crippen LogP contribution in [0.25, 0.3) is 0 Å². The number of benzene rings is 2. The second-order valence-corrected chi connectivity index (χ2v) is 6.01. The van der Waals surface area contributed by atoms with E-state index >= 15 is 0 Å². The summed E-state index contributed by atoms with van der Waals surface area (Å²) in [5.41, 5.74) is 9.61. The zero-order chi connectivity index (χ0) is 18.2. The fourth-order valence-corrected chi connectivity index (χ4v) is 3.00. The fraction of sp³-hybridized carbons (Fsp3) is 0.429. The van der Waals surface area contributed by atoms with Crippen LogP contribution >= 0.6 is 0 Å². The van der Waals surface area contributed by atoms with Crippen LogP contribution in [0, 0.1) is 6.92 Å². The summed E-state index contributed by atoms with van der Waals surface area (Å²) in [6.07, 6.45) is 0.856. The molecule has 2 aromatic carbocycles. The van der Waals surface area contributed by atoms with Gasteiger partial charge in [0, 0.05) is 5.92 Å². The molecule has 0 spiro atoms. The van der Waals surface area contributed by atoms with E-state index in [9.17, 15) is 0 Å². The Morgan fingerprint density at radius 2 is 1.60 bits per heavy atom. The first-order chi connectivity index (χ1) is 12.1. The van der Waals surface area contributed by atoms with Crippen LogP contribution in [0.4, 0.5) is 0 Å². The second-order valence-electron chi connectivity index (χ2n) is 6.01. The normalized spacial score (nSPS) is 11.9. The Balaban J connectivity index is 2.23. The van der Waals surface area contributed by atoms with Gasteiger partial charge in [0.05, 0.1) is 20.3 Å². The number of ether oxygens (including phenoxy) is 3. The third kappa shape index (κ3) is 4.89. The predicted octanol–water partition coefficient (Wildman–Crippen LogP) is 4.09. The Hall–Kier alpha value is -2.20. The van der Waals surface area contributed by atoms with Crippen LogP contribution in [0.5, 0.6) is 17.2 Å². The smallest absolute Gasteiger partial charge is 0.161 e. The average molecular weight is 343 g/mol. The van der Waals surface area contributed by atoms with Crippen molar-refractivity contribution in [2.75, 3.05) is 26.9 Å². The third-order valence-electron chi connectivity index (χ3n) is 4.26. The summed E-state index contributed by atoms with van der Waals surface area (Å²) in [5.74, 6) is 2.73. The van der Waals surface area contributed by atoms with Gasteiger partial charge in [0.15, 0.2) is 11.5 Å². The molecule has 2 rings (SSSR count). The van der Waals surface area contributed by atoms with E-state index in [2.05, 4.69) is 31.2 Å². The van der Waals surface area contributed by atoms with Gasteiger partial charge >= 0.3 is 0 Å². The molecule has 0 heterocycles. The molecule has 0 aliphatic rings. The minimum Gasteiger partial charge on any atom is -0.496 e. The highest BCUT2D eigenvalue weighted by Crippen LogP contribution is 2.31.